The monoisotopic (exact) mass is 407 g/mol. The molecule has 0 heterocycles. The molecule has 0 unspecified atom stereocenters. The first-order chi connectivity index (χ1) is 13.1. The van der Waals surface area contributed by atoms with E-state index >= 15 is 0 Å². The van der Waals surface area contributed by atoms with Gasteiger partial charge in [-0.15, -0.1) is 0 Å². The van der Waals surface area contributed by atoms with Crippen LogP contribution in [-0.2, 0) is 14.8 Å². The SMILES string of the molecule is Cc1ccc(C(=O)NNC(=O)CC(C)C)cc1S(=O)(=O)Nc1ccc(F)cc1. The Morgan fingerprint density at radius 1 is 1.04 bits per heavy atom. The molecule has 0 aliphatic carbocycles. The molecule has 150 valence electrons. The van der Waals surface area contributed by atoms with Crippen LogP contribution in [0.4, 0.5) is 10.1 Å². The Balaban J connectivity index is 2.18. The van der Waals surface area contributed by atoms with Crippen LogP contribution in [0.3, 0.4) is 0 Å². The highest BCUT2D eigenvalue weighted by molar-refractivity contribution is 7.92. The predicted octanol–water partition coefficient (Wildman–Crippen LogP) is 2.74. The van der Waals surface area contributed by atoms with Crippen molar-refractivity contribution in [3.8, 4) is 0 Å². The van der Waals surface area contributed by atoms with Crippen molar-refractivity contribution in [2.45, 2.75) is 32.1 Å². The highest BCUT2D eigenvalue weighted by atomic mass is 32.2. The molecule has 2 rings (SSSR count). The predicted molar refractivity (Wildman–Crippen MR) is 103 cm³/mol. The van der Waals surface area contributed by atoms with E-state index in [1.54, 1.807) is 6.92 Å². The first-order valence-electron chi connectivity index (χ1n) is 8.56. The minimum atomic E-state index is -4.00. The molecule has 7 nitrogen and oxygen atoms in total. The Labute approximate surface area is 163 Å². The summed E-state index contributed by atoms with van der Waals surface area (Å²) >= 11 is 0. The third-order valence-corrected chi connectivity index (χ3v) is 5.27. The highest BCUT2D eigenvalue weighted by Crippen LogP contribution is 2.21. The molecule has 3 N–H and O–H groups in total. The van der Waals surface area contributed by atoms with Crippen molar-refractivity contribution in [1.82, 2.24) is 10.9 Å². The molecule has 0 aliphatic rings. The van der Waals surface area contributed by atoms with Gasteiger partial charge in [-0.25, -0.2) is 12.8 Å². The molecule has 0 bridgehead atoms. The average Bonchev–Trinajstić information content (AvgIpc) is 2.61. The van der Waals surface area contributed by atoms with Crippen LogP contribution < -0.4 is 15.6 Å². The number of rotatable bonds is 6. The van der Waals surface area contributed by atoms with Crippen molar-refractivity contribution >= 4 is 27.5 Å². The molecule has 0 spiro atoms. The maximum absolute atomic E-state index is 13.0. The summed E-state index contributed by atoms with van der Waals surface area (Å²) in [5.41, 5.74) is 5.24. The number of benzene rings is 2. The number of carbonyl (C=O) groups is 2. The lowest BCUT2D eigenvalue weighted by Gasteiger charge is -2.13. The molecule has 0 radical (unpaired) electrons. The lowest BCUT2D eigenvalue weighted by Crippen LogP contribution is -2.42. The lowest BCUT2D eigenvalue weighted by molar-refractivity contribution is -0.122. The molecule has 0 aromatic heterocycles. The Morgan fingerprint density at radius 2 is 1.68 bits per heavy atom. The summed E-state index contributed by atoms with van der Waals surface area (Å²) in [7, 11) is -4.00. The van der Waals surface area contributed by atoms with Crippen LogP contribution in [0.1, 0.15) is 36.2 Å². The van der Waals surface area contributed by atoms with Crippen molar-refractivity contribution in [2.75, 3.05) is 4.72 Å². The number of hydrogen-bond donors (Lipinski definition) is 3. The molecule has 9 heteroatoms. The van der Waals surface area contributed by atoms with E-state index in [1.807, 2.05) is 13.8 Å². The molecule has 2 aromatic rings. The quantitative estimate of drug-likeness (QED) is 0.641. The van der Waals surface area contributed by atoms with E-state index in [1.165, 1.54) is 30.3 Å². The van der Waals surface area contributed by atoms with Crippen molar-refractivity contribution in [1.29, 1.82) is 0 Å². The number of hydrazine groups is 1. The van der Waals surface area contributed by atoms with Gasteiger partial charge in [-0.2, -0.15) is 0 Å². The van der Waals surface area contributed by atoms with E-state index in [2.05, 4.69) is 15.6 Å². The van der Waals surface area contributed by atoms with E-state index in [-0.39, 0.29) is 34.4 Å². The number of nitrogens with one attached hydrogen (secondary N) is 3. The van der Waals surface area contributed by atoms with Gasteiger partial charge < -0.3 is 0 Å². The van der Waals surface area contributed by atoms with Gasteiger partial charge in [-0.1, -0.05) is 19.9 Å². The van der Waals surface area contributed by atoms with Crippen LogP contribution in [0.15, 0.2) is 47.4 Å². The van der Waals surface area contributed by atoms with Crippen LogP contribution in [-0.4, -0.2) is 20.2 Å². The van der Waals surface area contributed by atoms with Gasteiger partial charge >= 0.3 is 0 Å². The van der Waals surface area contributed by atoms with Crippen molar-refractivity contribution in [2.24, 2.45) is 5.92 Å². The molecule has 2 amide bonds. The van der Waals surface area contributed by atoms with E-state index in [0.717, 1.165) is 12.1 Å². The van der Waals surface area contributed by atoms with E-state index in [4.69, 9.17) is 0 Å². The topological polar surface area (TPSA) is 104 Å². The van der Waals surface area contributed by atoms with Crippen molar-refractivity contribution < 1.29 is 22.4 Å². The van der Waals surface area contributed by atoms with E-state index < -0.39 is 21.7 Å². The zero-order valence-electron chi connectivity index (χ0n) is 15.7. The van der Waals surface area contributed by atoms with Gasteiger partial charge in [0.25, 0.3) is 15.9 Å². The van der Waals surface area contributed by atoms with Crippen LogP contribution in [0.2, 0.25) is 0 Å². The Hall–Kier alpha value is -2.94. The fourth-order valence-corrected chi connectivity index (χ4v) is 3.71. The summed E-state index contributed by atoms with van der Waals surface area (Å²) in [6.07, 6.45) is 0.245. The second-order valence-electron chi connectivity index (χ2n) is 6.69. The summed E-state index contributed by atoms with van der Waals surface area (Å²) in [6.45, 7) is 5.32. The molecule has 0 aliphatic heterocycles. The van der Waals surface area contributed by atoms with Gasteiger partial charge in [0, 0.05) is 17.7 Å². The third-order valence-electron chi connectivity index (χ3n) is 3.75. The van der Waals surface area contributed by atoms with Gasteiger partial charge in [0.1, 0.15) is 5.82 Å². The lowest BCUT2D eigenvalue weighted by atomic mass is 10.1. The zero-order chi connectivity index (χ0) is 20.9. The molecule has 0 saturated carbocycles. The Morgan fingerprint density at radius 3 is 2.29 bits per heavy atom. The van der Waals surface area contributed by atoms with Gasteiger partial charge in [0.2, 0.25) is 5.91 Å². The Kier molecular flexibility index (Phi) is 6.74. The van der Waals surface area contributed by atoms with Crippen LogP contribution in [0.5, 0.6) is 0 Å². The number of hydrogen-bond acceptors (Lipinski definition) is 4. The molecule has 0 fully saturated rings. The smallest absolute Gasteiger partial charge is 0.269 e. The number of carbonyl (C=O) groups excluding carboxylic acids is 2. The Bertz CT molecular complexity index is 973. The molecule has 2 aromatic carbocycles. The average molecular weight is 407 g/mol. The number of anilines is 1. The molecular formula is C19H22FN3O4S. The number of halogens is 1. The van der Waals surface area contributed by atoms with Crippen LogP contribution in [0.25, 0.3) is 0 Å². The summed E-state index contributed by atoms with van der Waals surface area (Å²) < 4.78 is 40.7. The number of aryl methyl sites for hydroxylation is 1. The minimum Gasteiger partial charge on any atom is -0.280 e. The van der Waals surface area contributed by atoms with E-state index in [9.17, 15) is 22.4 Å². The number of sulfonamides is 1. The maximum Gasteiger partial charge on any atom is 0.269 e. The van der Waals surface area contributed by atoms with Gasteiger partial charge in [0.15, 0.2) is 0 Å². The number of amides is 2. The first kappa shape index (κ1) is 21.4. The fraction of sp³-hybridized carbons (Fsp3) is 0.263. The zero-order valence-corrected chi connectivity index (χ0v) is 16.6. The molecular weight excluding hydrogens is 385 g/mol. The standard InChI is InChI=1S/C19H22FN3O4S/c1-12(2)10-18(24)21-22-19(25)14-5-4-13(3)17(11-14)28(26,27)23-16-8-6-15(20)7-9-16/h4-9,11-12,23H,10H2,1-3H3,(H,21,24)(H,22,25). The minimum absolute atomic E-state index is 0.0647. The second-order valence-corrected chi connectivity index (χ2v) is 8.34. The van der Waals surface area contributed by atoms with Crippen molar-refractivity contribution in [3.63, 3.8) is 0 Å². The van der Waals surface area contributed by atoms with Gasteiger partial charge in [0.05, 0.1) is 4.90 Å². The molecule has 0 atom stereocenters. The highest BCUT2D eigenvalue weighted by Gasteiger charge is 2.20. The van der Waals surface area contributed by atoms with Crippen molar-refractivity contribution in [3.05, 3.63) is 59.4 Å². The van der Waals surface area contributed by atoms with Gasteiger partial charge in [-0.3, -0.25) is 25.2 Å². The summed E-state index contributed by atoms with van der Waals surface area (Å²) in [6, 6.07) is 9.01. The van der Waals surface area contributed by atoms with Crippen LogP contribution >= 0.6 is 0 Å². The molecule has 28 heavy (non-hydrogen) atoms. The fourth-order valence-electron chi connectivity index (χ4n) is 2.38. The summed E-state index contributed by atoms with van der Waals surface area (Å²) in [5.74, 6) is -1.35. The third kappa shape index (κ3) is 5.78. The van der Waals surface area contributed by atoms with Gasteiger partial charge in [-0.05, 0) is 54.8 Å². The maximum atomic E-state index is 13.0. The summed E-state index contributed by atoms with van der Waals surface area (Å²) in [5, 5.41) is 0. The summed E-state index contributed by atoms with van der Waals surface area (Å²) in [4.78, 5) is 23.8. The first-order valence-corrected chi connectivity index (χ1v) is 10.0. The van der Waals surface area contributed by atoms with Crippen LogP contribution in [0, 0.1) is 18.7 Å². The second kappa shape index (κ2) is 8.83. The largest absolute Gasteiger partial charge is 0.280 e. The normalized spacial score (nSPS) is 11.2. The molecule has 0 saturated heterocycles. The van der Waals surface area contributed by atoms with E-state index in [0.29, 0.717) is 5.56 Å².